The SMILES string of the molecule is CC[C@@H](C(=O)NC(C)C)N(Cc1ccc(Cl)cc1)C(=O)COc1ccc(C(C)C)cc1. The van der Waals surface area contributed by atoms with Crippen LogP contribution in [0, 0.1) is 0 Å². The number of hydrogen-bond donors (Lipinski definition) is 1. The molecule has 0 bridgehead atoms. The number of amides is 2. The molecule has 0 aromatic heterocycles. The summed E-state index contributed by atoms with van der Waals surface area (Å²) in [7, 11) is 0. The molecule has 0 saturated carbocycles. The Morgan fingerprint density at radius 2 is 1.61 bits per heavy atom. The molecule has 0 unspecified atom stereocenters. The van der Waals surface area contributed by atoms with Gasteiger partial charge in [0.05, 0.1) is 0 Å². The zero-order valence-corrected chi connectivity index (χ0v) is 19.8. The van der Waals surface area contributed by atoms with Crippen LogP contribution in [0.3, 0.4) is 0 Å². The molecule has 1 N–H and O–H groups in total. The molecule has 2 rings (SSSR count). The highest BCUT2D eigenvalue weighted by molar-refractivity contribution is 6.30. The van der Waals surface area contributed by atoms with Crippen molar-refractivity contribution in [3.05, 3.63) is 64.7 Å². The van der Waals surface area contributed by atoms with Gasteiger partial charge in [-0.15, -0.1) is 0 Å². The van der Waals surface area contributed by atoms with Gasteiger partial charge in [0.2, 0.25) is 5.91 Å². The third kappa shape index (κ3) is 7.59. The van der Waals surface area contributed by atoms with E-state index >= 15 is 0 Å². The molecule has 2 aromatic carbocycles. The van der Waals surface area contributed by atoms with E-state index in [1.807, 2.05) is 57.2 Å². The predicted molar refractivity (Wildman–Crippen MR) is 125 cm³/mol. The van der Waals surface area contributed by atoms with E-state index in [1.54, 1.807) is 17.0 Å². The highest BCUT2D eigenvalue weighted by Crippen LogP contribution is 2.20. The van der Waals surface area contributed by atoms with E-state index in [4.69, 9.17) is 16.3 Å². The van der Waals surface area contributed by atoms with E-state index in [-0.39, 0.29) is 24.5 Å². The number of halogens is 1. The maximum atomic E-state index is 13.1. The van der Waals surface area contributed by atoms with Crippen molar-refractivity contribution in [2.45, 2.75) is 65.6 Å². The molecular weight excluding hydrogens is 412 g/mol. The highest BCUT2D eigenvalue weighted by Gasteiger charge is 2.29. The van der Waals surface area contributed by atoms with Crippen molar-refractivity contribution in [1.29, 1.82) is 0 Å². The molecule has 2 aromatic rings. The minimum absolute atomic E-state index is 0.00949. The van der Waals surface area contributed by atoms with Gasteiger partial charge in [0, 0.05) is 17.6 Å². The fourth-order valence-electron chi connectivity index (χ4n) is 3.26. The Hall–Kier alpha value is -2.53. The molecule has 0 spiro atoms. The molecule has 0 heterocycles. The van der Waals surface area contributed by atoms with Gasteiger partial charge >= 0.3 is 0 Å². The number of hydrogen-bond acceptors (Lipinski definition) is 3. The molecule has 0 radical (unpaired) electrons. The maximum absolute atomic E-state index is 13.1. The number of carbonyl (C=O) groups excluding carboxylic acids is 2. The zero-order chi connectivity index (χ0) is 23.0. The van der Waals surface area contributed by atoms with E-state index in [1.165, 1.54) is 5.56 Å². The highest BCUT2D eigenvalue weighted by atomic mass is 35.5. The molecule has 168 valence electrons. The maximum Gasteiger partial charge on any atom is 0.261 e. The number of benzene rings is 2. The molecule has 0 aliphatic heterocycles. The molecule has 0 aliphatic carbocycles. The van der Waals surface area contributed by atoms with E-state index in [0.29, 0.717) is 29.7 Å². The van der Waals surface area contributed by atoms with Crippen LogP contribution >= 0.6 is 11.6 Å². The Morgan fingerprint density at radius 1 is 1.00 bits per heavy atom. The summed E-state index contributed by atoms with van der Waals surface area (Å²) in [5.41, 5.74) is 2.11. The summed E-state index contributed by atoms with van der Waals surface area (Å²) < 4.78 is 5.75. The van der Waals surface area contributed by atoms with Crippen LogP contribution in [0.25, 0.3) is 0 Å². The molecule has 5 nitrogen and oxygen atoms in total. The second-order valence-corrected chi connectivity index (χ2v) is 8.68. The normalized spacial score (nSPS) is 12.0. The minimum atomic E-state index is -0.586. The number of nitrogens with one attached hydrogen (secondary N) is 1. The standard InChI is InChI=1S/C25H33ClN2O3/c1-6-23(25(30)27-18(4)5)28(15-19-7-11-21(26)12-8-19)24(29)16-31-22-13-9-20(10-14-22)17(2)3/h7-14,17-18,23H,6,15-16H2,1-5H3,(H,27,30)/t23-/m0/s1. The van der Waals surface area contributed by atoms with Crippen LogP contribution in [0.1, 0.15) is 58.1 Å². The summed E-state index contributed by atoms with van der Waals surface area (Å²) in [6.07, 6.45) is 0.501. The van der Waals surface area contributed by atoms with Crippen LogP contribution in [0.2, 0.25) is 5.02 Å². The van der Waals surface area contributed by atoms with Gasteiger partial charge in [-0.25, -0.2) is 0 Å². The lowest BCUT2D eigenvalue weighted by Crippen LogP contribution is -2.51. The van der Waals surface area contributed by atoms with Gasteiger partial charge in [-0.3, -0.25) is 9.59 Å². The third-order valence-corrected chi connectivity index (χ3v) is 5.24. The van der Waals surface area contributed by atoms with Crippen molar-refractivity contribution in [2.75, 3.05) is 6.61 Å². The Balaban J connectivity index is 2.17. The molecule has 1 atom stereocenters. The number of nitrogens with zero attached hydrogens (tertiary/aromatic N) is 1. The molecule has 31 heavy (non-hydrogen) atoms. The third-order valence-electron chi connectivity index (χ3n) is 4.99. The summed E-state index contributed by atoms with van der Waals surface area (Å²) in [4.78, 5) is 27.5. The van der Waals surface area contributed by atoms with Crippen molar-refractivity contribution < 1.29 is 14.3 Å². The smallest absolute Gasteiger partial charge is 0.261 e. The second-order valence-electron chi connectivity index (χ2n) is 8.25. The van der Waals surface area contributed by atoms with Crippen molar-refractivity contribution >= 4 is 23.4 Å². The van der Waals surface area contributed by atoms with Gasteiger partial charge in [0.15, 0.2) is 6.61 Å². The summed E-state index contributed by atoms with van der Waals surface area (Å²) in [5, 5.41) is 3.54. The van der Waals surface area contributed by atoms with Crippen LogP contribution in [0.4, 0.5) is 0 Å². The minimum Gasteiger partial charge on any atom is -0.484 e. The molecular formula is C25H33ClN2O3. The van der Waals surface area contributed by atoms with Crippen LogP contribution in [0.15, 0.2) is 48.5 Å². The largest absolute Gasteiger partial charge is 0.484 e. The molecule has 0 fully saturated rings. The van der Waals surface area contributed by atoms with E-state index < -0.39 is 6.04 Å². The van der Waals surface area contributed by atoms with Gasteiger partial charge in [-0.1, -0.05) is 56.6 Å². The summed E-state index contributed by atoms with van der Waals surface area (Å²) in [6, 6.07) is 14.4. The summed E-state index contributed by atoms with van der Waals surface area (Å²) in [6.45, 7) is 10.1. The van der Waals surface area contributed by atoms with E-state index in [2.05, 4.69) is 19.2 Å². The summed E-state index contributed by atoms with van der Waals surface area (Å²) in [5.74, 6) is 0.647. The van der Waals surface area contributed by atoms with Gasteiger partial charge < -0.3 is 15.0 Å². The predicted octanol–water partition coefficient (Wildman–Crippen LogP) is 5.17. The van der Waals surface area contributed by atoms with Crippen LogP contribution in [-0.2, 0) is 16.1 Å². The first-order valence-corrected chi connectivity index (χ1v) is 11.2. The first kappa shape index (κ1) is 24.7. The van der Waals surface area contributed by atoms with Crippen molar-refractivity contribution in [3.8, 4) is 5.75 Å². The van der Waals surface area contributed by atoms with Crippen LogP contribution in [0.5, 0.6) is 5.75 Å². The summed E-state index contributed by atoms with van der Waals surface area (Å²) >= 11 is 5.99. The first-order chi connectivity index (χ1) is 14.7. The molecule has 2 amide bonds. The molecule has 0 saturated heterocycles. The quantitative estimate of drug-likeness (QED) is 0.549. The van der Waals surface area contributed by atoms with Gasteiger partial charge in [0.25, 0.3) is 5.91 Å². The van der Waals surface area contributed by atoms with E-state index in [9.17, 15) is 9.59 Å². The Bertz CT molecular complexity index is 848. The first-order valence-electron chi connectivity index (χ1n) is 10.8. The van der Waals surface area contributed by atoms with E-state index in [0.717, 1.165) is 5.56 Å². The Labute approximate surface area is 190 Å². The van der Waals surface area contributed by atoms with Crippen LogP contribution < -0.4 is 10.1 Å². The Kier molecular flexibility index (Phi) is 9.38. The fraction of sp³-hybridized carbons (Fsp3) is 0.440. The van der Waals surface area contributed by atoms with Gasteiger partial charge in [-0.2, -0.15) is 0 Å². The van der Waals surface area contributed by atoms with Crippen molar-refractivity contribution in [3.63, 3.8) is 0 Å². The number of rotatable bonds is 10. The zero-order valence-electron chi connectivity index (χ0n) is 19.0. The van der Waals surface area contributed by atoms with Crippen LogP contribution in [-0.4, -0.2) is 35.4 Å². The fourth-order valence-corrected chi connectivity index (χ4v) is 3.39. The lowest BCUT2D eigenvalue weighted by atomic mass is 10.0. The average molecular weight is 445 g/mol. The molecule has 6 heteroatoms. The number of ether oxygens (including phenoxy) is 1. The number of carbonyl (C=O) groups is 2. The van der Waals surface area contributed by atoms with Gasteiger partial charge in [-0.05, 0) is 61.6 Å². The molecule has 0 aliphatic rings. The Morgan fingerprint density at radius 3 is 2.13 bits per heavy atom. The average Bonchev–Trinajstić information content (AvgIpc) is 2.73. The lowest BCUT2D eigenvalue weighted by Gasteiger charge is -2.31. The van der Waals surface area contributed by atoms with Crippen molar-refractivity contribution in [1.82, 2.24) is 10.2 Å². The van der Waals surface area contributed by atoms with Gasteiger partial charge in [0.1, 0.15) is 11.8 Å². The lowest BCUT2D eigenvalue weighted by molar-refractivity contribution is -0.143. The second kappa shape index (κ2) is 11.8. The van der Waals surface area contributed by atoms with Crippen molar-refractivity contribution in [2.24, 2.45) is 0 Å². The monoisotopic (exact) mass is 444 g/mol. The topological polar surface area (TPSA) is 58.6 Å².